The molecule has 1 unspecified atom stereocenters. The molecule has 1 aromatic rings. The van der Waals surface area contributed by atoms with E-state index in [-0.39, 0.29) is 12.5 Å². The smallest absolute Gasteiger partial charge is 0.323 e. The van der Waals surface area contributed by atoms with Crippen molar-refractivity contribution in [2.45, 2.75) is 45.6 Å². The summed E-state index contributed by atoms with van der Waals surface area (Å²) in [6.07, 6.45) is 0.401. The lowest BCUT2D eigenvalue weighted by Gasteiger charge is -2.24. The van der Waals surface area contributed by atoms with Gasteiger partial charge in [0.15, 0.2) is 0 Å². The van der Waals surface area contributed by atoms with Crippen LogP contribution in [0.4, 0.5) is 5.69 Å². The Labute approximate surface area is 125 Å². The summed E-state index contributed by atoms with van der Waals surface area (Å²) in [6, 6.07) is 7.65. The minimum absolute atomic E-state index is 0.0391. The lowest BCUT2D eigenvalue weighted by Crippen LogP contribution is -2.51. The Kier molecular flexibility index (Phi) is 5.90. The van der Waals surface area contributed by atoms with Gasteiger partial charge in [-0.25, -0.2) is 0 Å². The molecule has 0 heterocycles. The molecule has 0 radical (unpaired) electrons. The van der Waals surface area contributed by atoms with Crippen LogP contribution in [0.15, 0.2) is 24.3 Å². The van der Waals surface area contributed by atoms with Crippen molar-refractivity contribution >= 4 is 17.6 Å². The summed E-state index contributed by atoms with van der Waals surface area (Å²) in [7, 11) is 0. The number of hydrogen-bond donors (Lipinski definition) is 3. The van der Waals surface area contributed by atoms with Crippen LogP contribution in [-0.4, -0.2) is 29.1 Å². The molecule has 116 valence electrons. The summed E-state index contributed by atoms with van der Waals surface area (Å²) in [4.78, 5) is 23.0. The van der Waals surface area contributed by atoms with Crippen LogP contribution in [0.2, 0.25) is 0 Å². The minimum Gasteiger partial charge on any atom is -0.480 e. The molecule has 5 heteroatoms. The predicted octanol–water partition coefficient (Wildman–Crippen LogP) is 2.59. The van der Waals surface area contributed by atoms with Crippen LogP contribution < -0.4 is 10.6 Å². The van der Waals surface area contributed by atoms with Gasteiger partial charge in [0.1, 0.15) is 5.54 Å². The molecule has 1 aromatic carbocycles. The van der Waals surface area contributed by atoms with Gasteiger partial charge in [-0.3, -0.25) is 14.9 Å². The van der Waals surface area contributed by atoms with Crippen molar-refractivity contribution in [2.24, 2.45) is 0 Å². The first kappa shape index (κ1) is 17.2. The monoisotopic (exact) mass is 292 g/mol. The quantitative estimate of drug-likeness (QED) is 0.722. The Hall–Kier alpha value is -1.88. The second kappa shape index (κ2) is 7.22. The zero-order chi connectivity index (χ0) is 16.0. The van der Waals surface area contributed by atoms with Crippen LogP contribution in [0.25, 0.3) is 0 Å². The maximum Gasteiger partial charge on any atom is 0.323 e. The summed E-state index contributed by atoms with van der Waals surface area (Å²) in [5.74, 6) is -0.774. The third-order valence-corrected chi connectivity index (χ3v) is 3.68. The van der Waals surface area contributed by atoms with E-state index in [0.29, 0.717) is 18.0 Å². The number of anilines is 1. The van der Waals surface area contributed by atoms with Gasteiger partial charge in [0, 0.05) is 5.69 Å². The molecule has 3 N–H and O–H groups in total. The molecule has 1 atom stereocenters. The van der Waals surface area contributed by atoms with Gasteiger partial charge in [-0.15, -0.1) is 0 Å². The number of carboxylic acid groups (broad SMARTS) is 1. The predicted molar refractivity (Wildman–Crippen MR) is 83.5 cm³/mol. The summed E-state index contributed by atoms with van der Waals surface area (Å²) in [6.45, 7) is 7.51. The molecule has 0 bridgehead atoms. The van der Waals surface area contributed by atoms with E-state index >= 15 is 0 Å². The van der Waals surface area contributed by atoms with Crippen molar-refractivity contribution < 1.29 is 14.7 Å². The number of aliphatic carboxylic acids is 1. The molecule has 21 heavy (non-hydrogen) atoms. The second-order valence-corrected chi connectivity index (χ2v) is 5.67. The maximum absolute atomic E-state index is 11.8. The van der Waals surface area contributed by atoms with Crippen LogP contribution in [-0.2, 0) is 9.59 Å². The lowest BCUT2D eigenvalue weighted by molar-refractivity contribution is -0.144. The first-order valence-corrected chi connectivity index (χ1v) is 7.16. The van der Waals surface area contributed by atoms with E-state index in [1.54, 1.807) is 13.8 Å². The lowest BCUT2D eigenvalue weighted by atomic mass is 9.99. The van der Waals surface area contributed by atoms with Crippen LogP contribution in [0.5, 0.6) is 0 Å². The van der Waals surface area contributed by atoms with Crippen molar-refractivity contribution in [3.63, 3.8) is 0 Å². The van der Waals surface area contributed by atoms with E-state index < -0.39 is 11.5 Å². The van der Waals surface area contributed by atoms with Gasteiger partial charge in [0.05, 0.1) is 6.54 Å². The highest BCUT2D eigenvalue weighted by Crippen LogP contribution is 2.17. The average molecular weight is 292 g/mol. The Morgan fingerprint density at radius 2 is 1.81 bits per heavy atom. The molecule has 0 aliphatic rings. The number of amides is 1. The SMILES string of the molecule is CCC(C)(NCC(=O)Nc1ccc(C(C)C)cc1)C(=O)O. The fraction of sp³-hybridized carbons (Fsp3) is 0.500. The molecule has 5 nitrogen and oxygen atoms in total. The number of carboxylic acids is 1. The molecule has 0 spiro atoms. The van der Waals surface area contributed by atoms with E-state index in [9.17, 15) is 9.59 Å². The molecule has 0 aromatic heterocycles. The van der Waals surface area contributed by atoms with Crippen molar-refractivity contribution in [1.29, 1.82) is 0 Å². The van der Waals surface area contributed by atoms with Gasteiger partial charge in [-0.2, -0.15) is 0 Å². The third-order valence-electron chi connectivity index (χ3n) is 3.68. The number of hydrogen-bond acceptors (Lipinski definition) is 3. The van der Waals surface area contributed by atoms with E-state index in [0.717, 1.165) is 0 Å². The van der Waals surface area contributed by atoms with Gasteiger partial charge >= 0.3 is 5.97 Å². The number of rotatable bonds is 7. The molecular weight excluding hydrogens is 268 g/mol. The first-order chi connectivity index (χ1) is 9.78. The zero-order valence-electron chi connectivity index (χ0n) is 13.1. The molecule has 0 saturated heterocycles. The number of carbonyl (C=O) groups excluding carboxylic acids is 1. The summed E-state index contributed by atoms with van der Waals surface area (Å²) in [5.41, 5.74) is 0.828. The van der Waals surface area contributed by atoms with Crippen LogP contribution in [0.1, 0.15) is 45.6 Å². The fourth-order valence-electron chi connectivity index (χ4n) is 1.78. The Morgan fingerprint density at radius 1 is 1.24 bits per heavy atom. The number of carbonyl (C=O) groups is 2. The maximum atomic E-state index is 11.8. The van der Waals surface area contributed by atoms with Crippen LogP contribution in [0.3, 0.4) is 0 Å². The number of benzene rings is 1. The van der Waals surface area contributed by atoms with E-state index in [1.807, 2.05) is 24.3 Å². The molecular formula is C16H24N2O3. The largest absolute Gasteiger partial charge is 0.480 e. The van der Waals surface area contributed by atoms with Crippen LogP contribution in [0, 0.1) is 0 Å². The molecule has 0 saturated carbocycles. The van der Waals surface area contributed by atoms with Gasteiger partial charge in [-0.1, -0.05) is 32.9 Å². The van der Waals surface area contributed by atoms with Crippen LogP contribution >= 0.6 is 0 Å². The topological polar surface area (TPSA) is 78.4 Å². The normalized spacial score (nSPS) is 13.8. The summed E-state index contributed by atoms with van der Waals surface area (Å²) >= 11 is 0. The molecule has 0 aliphatic carbocycles. The zero-order valence-corrected chi connectivity index (χ0v) is 13.1. The Bertz CT molecular complexity index is 497. The molecule has 0 aliphatic heterocycles. The van der Waals surface area contributed by atoms with E-state index in [2.05, 4.69) is 24.5 Å². The number of nitrogens with one attached hydrogen (secondary N) is 2. The summed E-state index contributed by atoms with van der Waals surface area (Å²) in [5, 5.41) is 14.7. The third kappa shape index (κ3) is 4.86. The second-order valence-electron chi connectivity index (χ2n) is 5.67. The van der Waals surface area contributed by atoms with Gasteiger partial charge in [0.2, 0.25) is 5.91 Å². The fourth-order valence-corrected chi connectivity index (χ4v) is 1.78. The van der Waals surface area contributed by atoms with Gasteiger partial charge in [-0.05, 0) is 37.0 Å². The van der Waals surface area contributed by atoms with Crippen molar-refractivity contribution in [1.82, 2.24) is 5.32 Å². The Balaban J connectivity index is 2.56. The van der Waals surface area contributed by atoms with Gasteiger partial charge in [0.25, 0.3) is 0 Å². The van der Waals surface area contributed by atoms with E-state index in [4.69, 9.17) is 5.11 Å². The highest BCUT2D eigenvalue weighted by molar-refractivity contribution is 5.92. The molecule has 1 amide bonds. The van der Waals surface area contributed by atoms with Crippen molar-refractivity contribution in [3.05, 3.63) is 29.8 Å². The summed E-state index contributed by atoms with van der Waals surface area (Å²) < 4.78 is 0. The highest BCUT2D eigenvalue weighted by Gasteiger charge is 2.30. The van der Waals surface area contributed by atoms with Gasteiger partial charge < -0.3 is 10.4 Å². The minimum atomic E-state index is -1.08. The van der Waals surface area contributed by atoms with Crippen molar-refractivity contribution in [3.8, 4) is 0 Å². The Morgan fingerprint density at radius 3 is 2.24 bits per heavy atom. The molecule has 1 rings (SSSR count). The highest BCUT2D eigenvalue weighted by atomic mass is 16.4. The molecule has 0 fully saturated rings. The standard InChI is InChI=1S/C16H24N2O3/c1-5-16(4,15(20)21)17-10-14(19)18-13-8-6-12(7-9-13)11(2)3/h6-9,11,17H,5,10H2,1-4H3,(H,18,19)(H,20,21). The van der Waals surface area contributed by atoms with E-state index in [1.165, 1.54) is 5.56 Å². The first-order valence-electron chi connectivity index (χ1n) is 7.16. The average Bonchev–Trinajstić information content (AvgIpc) is 2.45. The van der Waals surface area contributed by atoms with Crippen molar-refractivity contribution in [2.75, 3.05) is 11.9 Å².